The zero-order valence-electron chi connectivity index (χ0n) is 14.5. The Morgan fingerprint density at radius 2 is 1.92 bits per heavy atom. The highest BCUT2D eigenvalue weighted by Crippen LogP contribution is 2.19. The molecule has 1 amide bonds. The van der Waals surface area contributed by atoms with Crippen molar-refractivity contribution >= 4 is 21.9 Å². The molecule has 1 aromatic rings. The van der Waals surface area contributed by atoms with E-state index < -0.39 is 10.0 Å². The number of carbonyl (C=O) groups excluding carboxylic acids is 1. The van der Waals surface area contributed by atoms with Gasteiger partial charge in [-0.05, 0) is 31.7 Å². The summed E-state index contributed by atoms with van der Waals surface area (Å²) in [4.78, 5) is 23.3. The van der Waals surface area contributed by atoms with Crippen LogP contribution in [0, 0.1) is 5.92 Å². The van der Waals surface area contributed by atoms with Crippen LogP contribution < -0.4 is 10.2 Å². The summed E-state index contributed by atoms with van der Waals surface area (Å²) in [5.41, 5.74) is 0.791. The predicted molar refractivity (Wildman–Crippen MR) is 94.5 cm³/mol. The molecular weight excluding hydrogens is 342 g/mol. The summed E-state index contributed by atoms with van der Waals surface area (Å²) in [6.45, 7) is 3.14. The first kappa shape index (κ1) is 18.1. The summed E-state index contributed by atoms with van der Waals surface area (Å²) < 4.78 is 24.5. The molecule has 1 aromatic heterocycles. The summed E-state index contributed by atoms with van der Waals surface area (Å²) in [6.07, 6.45) is 6.38. The maximum Gasteiger partial charge on any atom is 0.225 e. The van der Waals surface area contributed by atoms with Gasteiger partial charge in [-0.25, -0.2) is 22.7 Å². The number of piperidine rings is 1. The van der Waals surface area contributed by atoms with Crippen LogP contribution in [0.1, 0.15) is 31.4 Å². The Hall–Kier alpha value is -1.74. The Morgan fingerprint density at radius 1 is 1.24 bits per heavy atom. The van der Waals surface area contributed by atoms with Crippen molar-refractivity contribution in [3.05, 3.63) is 18.0 Å². The number of carbonyl (C=O) groups is 1. The molecule has 0 bridgehead atoms. The van der Waals surface area contributed by atoms with E-state index in [2.05, 4.69) is 20.2 Å². The lowest BCUT2D eigenvalue weighted by atomic mass is 9.97. The number of hydrogen-bond acceptors (Lipinski definition) is 6. The monoisotopic (exact) mass is 367 g/mol. The second kappa shape index (κ2) is 7.65. The molecule has 25 heavy (non-hydrogen) atoms. The van der Waals surface area contributed by atoms with Gasteiger partial charge in [0, 0.05) is 38.3 Å². The Kier molecular flexibility index (Phi) is 5.53. The van der Waals surface area contributed by atoms with Crippen LogP contribution in [0.4, 0.5) is 5.95 Å². The van der Waals surface area contributed by atoms with Crippen molar-refractivity contribution in [1.29, 1.82) is 0 Å². The van der Waals surface area contributed by atoms with E-state index in [9.17, 15) is 13.2 Å². The summed E-state index contributed by atoms with van der Waals surface area (Å²) in [6, 6.07) is 1.81. The van der Waals surface area contributed by atoms with Gasteiger partial charge in [0.15, 0.2) is 0 Å². The zero-order valence-corrected chi connectivity index (χ0v) is 15.3. The van der Waals surface area contributed by atoms with Gasteiger partial charge in [-0.3, -0.25) is 4.79 Å². The third kappa shape index (κ3) is 4.66. The molecule has 0 aromatic carbocycles. The van der Waals surface area contributed by atoms with E-state index in [-0.39, 0.29) is 11.8 Å². The lowest BCUT2D eigenvalue weighted by Crippen LogP contribution is -2.42. The van der Waals surface area contributed by atoms with Crippen molar-refractivity contribution in [2.75, 3.05) is 37.3 Å². The normalized spacial score (nSPS) is 20.0. The smallest absolute Gasteiger partial charge is 0.225 e. The number of sulfonamides is 1. The Labute approximate surface area is 148 Å². The number of anilines is 1. The lowest BCUT2D eigenvalue weighted by Gasteiger charge is -2.29. The van der Waals surface area contributed by atoms with Crippen LogP contribution in [-0.2, 0) is 21.4 Å². The fourth-order valence-corrected chi connectivity index (χ4v) is 4.20. The molecule has 0 radical (unpaired) electrons. The van der Waals surface area contributed by atoms with Gasteiger partial charge in [0.1, 0.15) is 0 Å². The van der Waals surface area contributed by atoms with Crippen LogP contribution in [0.15, 0.2) is 12.3 Å². The Balaban J connectivity index is 1.50. The molecule has 0 unspecified atom stereocenters. The molecule has 138 valence electrons. The van der Waals surface area contributed by atoms with E-state index in [1.807, 2.05) is 6.07 Å². The van der Waals surface area contributed by atoms with E-state index in [0.29, 0.717) is 32.5 Å². The van der Waals surface area contributed by atoms with Crippen molar-refractivity contribution in [1.82, 2.24) is 19.6 Å². The van der Waals surface area contributed by atoms with Crippen molar-refractivity contribution in [3.63, 3.8) is 0 Å². The molecule has 1 N–H and O–H groups in total. The Morgan fingerprint density at radius 3 is 2.56 bits per heavy atom. The standard InChI is InChI=1S/C16H25N5O3S/c1-25(23,24)21-10-5-13(6-11-21)15(22)18-12-14-4-7-17-16(19-14)20-8-2-3-9-20/h4,7,13H,2-3,5-6,8-12H2,1H3,(H,18,22). The maximum atomic E-state index is 12.3. The zero-order chi connectivity index (χ0) is 17.9. The van der Waals surface area contributed by atoms with Crippen LogP contribution in [0.3, 0.4) is 0 Å². The number of aromatic nitrogens is 2. The van der Waals surface area contributed by atoms with Crippen molar-refractivity contribution in [2.24, 2.45) is 5.92 Å². The van der Waals surface area contributed by atoms with Crippen molar-refractivity contribution < 1.29 is 13.2 Å². The molecule has 0 atom stereocenters. The molecule has 2 aliphatic rings. The second-order valence-electron chi connectivity index (χ2n) is 6.70. The predicted octanol–water partition coefficient (Wildman–Crippen LogP) is 0.365. The van der Waals surface area contributed by atoms with Gasteiger partial charge >= 0.3 is 0 Å². The molecule has 0 aliphatic carbocycles. The maximum absolute atomic E-state index is 12.3. The van der Waals surface area contributed by atoms with Gasteiger partial charge in [-0.1, -0.05) is 0 Å². The van der Waals surface area contributed by atoms with E-state index in [0.717, 1.165) is 37.6 Å². The van der Waals surface area contributed by atoms with Gasteiger partial charge < -0.3 is 10.2 Å². The van der Waals surface area contributed by atoms with Crippen LogP contribution in [0.2, 0.25) is 0 Å². The van der Waals surface area contributed by atoms with Gasteiger partial charge in [0.2, 0.25) is 21.9 Å². The van der Waals surface area contributed by atoms with E-state index >= 15 is 0 Å². The third-order valence-electron chi connectivity index (χ3n) is 4.83. The molecule has 8 nitrogen and oxygen atoms in total. The van der Waals surface area contributed by atoms with Crippen LogP contribution in [0.5, 0.6) is 0 Å². The summed E-state index contributed by atoms with van der Waals surface area (Å²) >= 11 is 0. The average molecular weight is 367 g/mol. The highest BCUT2D eigenvalue weighted by atomic mass is 32.2. The number of rotatable bonds is 5. The summed E-state index contributed by atoms with van der Waals surface area (Å²) in [5, 5.41) is 2.92. The molecule has 9 heteroatoms. The summed E-state index contributed by atoms with van der Waals surface area (Å²) in [5.74, 6) is 0.554. The topological polar surface area (TPSA) is 95.5 Å². The number of nitrogens with one attached hydrogen (secondary N) is 1. The minimum absolute atomic E-state index is 0.0329. The van der Waals surface area contributed by atoms with Gasteiger partial charge in [0.25, 0.3) is 0 Å². The van der Waals surface area contributed by atoms with Crippen molar-refractivity contribution in [2.45, 2.75) is 32.2 Å². The largest absolute Gasteiger partial charge is 0.350 e. The van der Waals surface area contributed by atoms with Crippen molar-refractivity contribution in [3.8, 4) is 0 Å². The Bertz CT molecular complexity index is 710. The van der Waals surface area contributed by atoms with E-state index in [4.69, 9.17) is 0 Å². The van der Waals surface area contributed by atoms with Crippen LogP contribution in [0.25, 0.3) is 0 Å². The van der Waals surface area contributed by atoms with E-state index in [1.54, 1.807) is 6.20 Å². The highest BCUT2D eigenvalue weighted by molar-refractivity contribution is 7.88. The van der Waals surface area contributed by atoms with E-state index in [1.165, 1.54) is 10.6 Å². The SMILES string of the molecule is CS(=O)(=O)N1CCC(C(=O)NCc2ccnc(N3CCCC3)n2)CC1. The molecule has 3 rings (SSSR count). The fourth-order valence-electron chi connectivity index (χ4n) is 3.32. The van der Waals surface area contributed by atoms with Gasteiger partial charge in [-0.15, -0.1) is 0 Å². The molecule has 0 spiro atoms. The van der Waals surface area contributed by atoms with Gasteiger partial charge in [-0.2, -0.15) is 0 Å². The minimum Gasteiger partial charge on any atom is -0.350 e. The molecule has 0 saturated carbocycles. The first-order valence-corrected chi connectivity index (χ1v) is 10.6. The van der Waals surface area contributed by atoms with Crippen LogP contribution >= 0.6 is 0 Å². The third-order valence-corrected chi connectivity index (χ3v) is 6.13. The van der Waals surface area contributed by atoms with Crippen LogP contribution in [-0.4, -0.2) is 61.0 Å². The molecule has 2 aliphatic heterocycles. The molecular formula is C16H25N5O3S. The average Bonchev–Trinajstić information content (AvgIpc) is 3.14. The highest BCUT2D eigenvalue weighted by Gasteiger charge is 2.28. The number of hydrogen-bond donors (Lipinski definition) is 1. The summed E-state index contributed by atoms with van der Waals surface area (Å²) in [7, 11) is -3.16. The number of amides is 1. The first-order chi connectivity index (χ1) is 11.9. The quantitative estimate of drug-likeness (QED) is 0.808. The lowest BCUT2D eigenvalue weighted by molar-refractivity contribution is -0.126. The minimum atomic E-state index is -3.16. The number of nitrogens with zero attached hydrogens (tertiary/aromatic N) is 4. The molecule has 2 saturated heterocycles. The molecule has 3 heterocycles. The second-order valence-corrected chi connectivity index (χ2v) is 8.68. The fraction of sp³-hybridized carbons (Fsp3) is 0.688. The molecule has 2 fully saturated rings. The van der Waals surface area contributed by atoms with Gasteiger partial charge in [0.05, 0.1) is 18.5 Å². The first-order valence-electron chi connectivity index (χ1n) is 8.73.